The number of hydrogen-bond acceptors (Lipinski definition) is 5. The van der Waals surface area contributed by atoms with Gasteiger partial charge in [0.2, 0.25) is 0 Å². The molecule has 0 spiro atoms. The van der Waals surface area contributed by atoms with Gasteiger partial charge in [0.25, 0.3) is 5.91 Å². The number of carbonyl (C=O) groups excluding carboxylic acids is 1. The first-order valence-corrected chi connectivity index (χ1v) is 8.75. The number of nitrogens with zero attached hydrogens (tertiary/aromatic N) is 2. The molecule has 0 atom stereocenters. The molecule has 144 valence electrons. The summed E-state index contributed by atoms with van der Waals surface area (Å²) in [4.78, 5) is 24.9. The normalized spacial score (nSPS) is 10.5. The molecule has 0 aliphatic heterocycles. The summed E-state index contributed by atoms with van der Waals surface area (Å²) in [6.07, 6.45) is 1.55. The second-order valence-corrected chi connectivity index (χ2v) is 6.33. The Morgan fingerprint density at radius 3 is 2.50 bits per heavy atom. The van der Waals surface area contributed by atoms with Crippen LogP contribution in [0.25, 0.3) is 0 Å². The van der Waals surface area contributed by atoms with Gasteiger partial charge in [-0.05, 0) is 30.7 Å². The van der Waals surface area contributed by atoms with Gasteiger partial charge in [0.15, 0.2) is 12.4 Å². The van der Waals surface area contributed by atoms with Crippen molar-refractivity contribution in [2.45, 2.75) is 20.0 Å². The van der Waals surface area contributed by atoms with E-state index in [9.17, 15) is 14.9 Å². The van der Waals surface area contributed by atoms with Crippen molar-refractivity contribution in [1.29, 1.82) is 0 Å². The van der Waals surface area contributed by atoms with Crippen LogP contribution in [0.1, 0.15) is 16.9 Å². The predicted molar refractivity (Wildman–Crippen MR) is 103 cm³/mol. The summed E-state index contributed by atoms with van der Waals surface area (Å²) in [5, 5.41) is 11.1. The summed E-state index contributed by atoms with van der Waals surface area (Å²) in [6.45, 7) is 2.34. The van der Waals surface area contributed by atoms with Gasteiger partial charge in [-0.2, -0.15) is 0 Å². The number of benzene rings is 2. The molecular formula is C21H20N2O5. The molecule has 0 unspecified atom stereocenters. The van der Waals surface area contributed by atoms with Crippen LogP contribution in [-0.2, 0) is 17.9 Å². The minimum atomic E-state index is -0.535. The van der Waals surface area contributed by atoms with Crippen LogP contribution >= 0.6 is 0 Å². The lowest BCUT2D eigenvalue weighted by atomic mass is 10.1. The maximum absolute atomic E-state index is 12.8. The number of rotatable bonds is 8. The summed E-state index contributed by atoms with van der Waals surface area (Å²) in [7, 11) is 0. The van der Waals surface area contributed by atoms with Gasteiger partial charge in [0.05, 0.1) is 17.7 Å². The van der Waals surface area contributed by atoms with E-state index in [1.54, 1.807) is 35.4 Å². The van der Waals surface area contributed by atoms with E-state index in [0.717, 1.165) is 11.1 Å². The smallest absolute Gasteiger partial charge is 0.310 e. The number of ether oxygens (including phenoxy) is 1. The highest BCUT2D eigenvalue weighted by Gasteiger charge is 2.19. The van der Waals surface area contributed by atoms with Crippen LogP contribution in [-0.4, -0.2) is 22.3 Å². The monoisotopic (exact) mass is 380 g/mol. The van der Waals surface area contributed by atoms with Crippen molar-refractivity contribution < 1.29 is 18.9 Å². The van der Waals surface area contributed by atoms with Gasteiger partial charge in [-0.15, -0.1) is 0 Å². The van der Waals surface area contributed by atoms with Crippen molar-refractivity contribution in [3.05, 3.63) is 93.9 Å². The Morgan fingerprint density at radius 2 is 1.82 bits per heavy atom. The summed E-state index contributed by atoms with van der Waals surface area (Å²) in [6, 6.07) is 17.4. The van der Waals surface area contributed by atoms with E-state index in [1.165, 1.54) is 12.1 Å². The van der Waals surface area contributed by atoms with Crippen molar-refractivity contribution in [3.63, 3.8) is 0 Å². The van der Waals surface area contributed by atoms with Crippen LogP contribution in [0.2, 0.25) is 0 Å². The van der Waals surface area contributed by atoms with Crippen LogP contribution in [0, 0.1) is 17.0 Å². The minimum Gasteiger partial charge on any atom is -0.477 e. The molecule has 1 aromatic heterocycles. The Balaban J connectivity index is 1.72. The van der Waals surface area contributed by atoms with E-state index in [0.29, 0.717) is 12.3 Å². The Labute approximate surface area is 162 Å². The molecule has 0 aliphatic carbocycles. The maximum Gasteiger partial charge on any atom is 0.310 e. The van der Waals surface area contributed by atoms with Crippen molar-refractivity contribution in [2.24, 2.45) is 0 Å². The van der Waals surface area contributed by atoms with Crippen LogP contribution in [0.3, 0.4) is 0 Å². The maximum atomic E-state index is 12.8. The second-order valence-electron chi connectivity index (χ2n) is 6.33. The summed E-state index contributed by atoms with van der Waals surface area (Å²) in [5.41, 5.74) is 1.93. The van der Waals surface area contributed by atoms with Gasteiger partial charge in [-0.3, -0.25) is 14.9 Å². The van der Waals surface area contributed by atoms with E-state index in [-0.39, 0.29) is 30.5 Å². The molecule has 1 amide bonds. The number of furan rings is 1. The number of amides is 1. The molecule has 3 aromatic rings. The number of hydrogen-bond donors (Lipinski definition) is 0. The third-order valence-electron chi connectivity index (χ3n) is 4.19. The molecule has 0 saturated heterocycles. The van der Waals surface area contributed by atoms with Crippen LogP contribution in [0.4, 0.5) is 5.69 Å². The molecule has 28 heavy (non-hydrogen) atoms. The van der Waals surface area contributed by atoms with E-state index in [2.05, 4.69) is 0 Å². The van der Waals surface area contributed by atoms with Gasteiger partial charge in [0, 0.05) is 12.6 Å². The van der Waals surface area contributed by atoms with Crippen LogP contribution < -0.4 is 4.74 Å². The molecule has 7 nitrogen and oxygen atoms in total. The van der Waals surface area contributed by atoms with Crippen LogP contribution in [0.5, 0.6) is 5.75 Å². The number of carbonyl (C=O) groups is 1. The van der Waals surface area contributed by atoms with Crippen molar-refractivity contribution in [2.75, 3.05) is 6.61 Å². The average molecular weight is 380 g/mol. The fourth-order valence-electron chi connectivity index (χ4n) is 2.70. The Morgan fingerprint density at radius 1 is 1.07 bits per heavy atom. The zero-order chi connectivity index (χ0) is 19.9. The lowest BCUT2D eigenvalue weighted by Crippen LogP contribution is -2.34. The lowest BCUT2D eigenvalue weighted by molar-refractivity contribution is -0.385. The highest BCUT2D eigenvalue weighted by atomic mass is 16.6. The second kappa shape index (κ2) is 8.85. The highest BCUT2D eigenvalue weighted by Crippen LogP contribution is 2.26. The van der Waals surface area contributed by atoms with Crippen LogP contribution in [0.15, 0.2) is 71.3 Å². The third-order valence-corrected chi connectivity index (χ3v) is 4.19. The van der Waals surface area contributed by atoms with Crippen molar-refractivity contribution in [3.8, 4) is 5.75 Å². The number of para-hydroxylation sites is 2. The van der Waals surface area contributed by atoms with Gasteiger partial charge < -0.3 is 14.1 Å². The van der Waals surface area contributed by atoms with E-state index < -0.39 is 4.92 Å². The fraction of sp³-hybridized carbons (Fsp3) is 0.190. The highest BCUT2D eigenvalue weighted by molar-refractivity contribution is 5.78. The first kappa shape index (κ1) is 19.2. The fourth-order valence-corrected chi connectivity index (χ4v) is 2.70. The Hall–Kier alpha value is -3.61. The molecule has 0 fully saturated rings. The largest absolute Gasteiger partial charge is 0.477 e. The molecule has 2 aromatic carbocycles. The van der Waals surface area contributed by atoms with Crippen molar-refractivity contribution >= 4 is 11.6 Å². The predicted octanol–water partition coefficient (Wildman–Crippen LogP) is 4.10. The SMILES string of the molecule is Cc1ccc(CN(Cc2ccco2)C(=O)COc2ccccc2[N+](=O)[O-])cc1. The number of aryl methyl sites for hydroxylation is 1. The topological polar surface area (TPSA) is 85.8 Å². The van der Waals surface area contributed by atoms with E-state index >= 15 is 0 Å². The average Bonchev–Trinajstić information content (AvgIpc) is 3.20. The molecular weight excluding hydrogens is 360 g/mol. The minimum absolute atomic E-state index is 0.0640. The summed E-state index contributed by atoms with van der Waals surface area (Å²) < 4.78 is 10.8. The van der Waals surface area contributed by atoms with E-state index in [1.807, 2.05) is 31.2 Å². The molecule has 1 heterocycles. The summed E-state index contributed by atoms with van der Waals surface area (Å²) in [5.74, 6) is 0.412. The van der Waals surface area contributed by atoms with E-state index in [4.69, 9.17) is 9.15 Å². The first-order chi connectivity index (χ1) is 13.5. The number of nitro benzene ring substituents is 1. The Kier molecular flexibility index (Phi) is 6.06. The summed E-state index contributed by atoms with van der Waals surface area (Å²) >= 11 is 0. The molecule has 0 aliphatic rings. The lowest BCUT2D eigenvalue weighted by Gasteiger charge is -2.22. The molecule has 0 N–H and O–H groups in total. The molecule has 0 saturated carbocycles. The van der Waals surface area contributed by atoms with Gasteiger partial charge in [0.1, 0.15) is 5.76 Å². The van der Waals surface area contributed by atoms with Gasteiger partial charge >= 0.3 is 5.69 Å². The quantitative estimate of drug-likeness (QED) is 0.434. The Bertz CT molecular complexity index is 936. The zero-order valence-corrected chi connectivity index (χ0v) is 15.4. The van der Waals surface area contributed by atoms with Crippen molar-refractivity contribution in [1.82, 2.24) is 4.90 Å². The molecule has 0 bridgehead atoms. The standard InChI is InChI=1S/C21H20N2O5/c1-16-8-10-17(11-9-16)13-22(14-18-5-4-12-27-18)21(24)15-28-20-7-3-2-6-19(20)23(25)26/h2-12H,13-15H2,1H3. The first-order valence-electron chi connectivity index (χ1n) is 8.75. The van der Waals surface area contributed by atoms with Gasteiger partial charge in [-0.1, -0.05) is 42.0 Å². The molecule has 3 rings (SSSR count). The number of nitro groups is 1. The third kappa shape index (κ3) is 4.97. The molecule has 7 heteroatoms. The zero-order valence-electron chi connectivity index (χ0n) is 15.4. The molecule has 0 radical (unpaired) electrons. The van der Waals surface area contributed by atoms with Gasteiger partial charge in [-0.25, -0.2) is 0 Å².